The Morgan fingerprint density at radius 2 is 2.40 bits per heavy atom. The number of rotatable bonds is 1. The van der Waals surface area contributed by atoms with E-state index in [-0.39, 0.29) is 0 Å². The highest BCUT2D eigenvalue weighted by atomic mass is 16.5. The van der Waals surface area contributed by atoms with Crippen molar-refractivity contribution in [2.24, 2.45) is 0 Å². The van der Waals surface area contributed by atoms with E-state index in [0.717, 1.165) is 34.9 Å². The Morgan fingerprint density at radius 1 is 1.47 bits per heavy atom. The molecule has 0 atom stereocenters. The molecule has 0 spiro atoms. The maximum absolute atomic E-state index is 5.31. The molecule has 1 aliphatic rings. The van der Waals surface area contributed by atoms with Crippen molar-refractivity contribution >= 4 is 5.69 Å². The number of aromatic nitrogens is 1. The van der Waals surface area contributed by atoms with Crippen LogP contribution in [0.1, 0.15) is 5.56 Å². The highest BCUT2D eigenvalue weighted by molar-refractivity contribution is 5.84. The van der Waals surface area contributed by atoms with Crippen molar-refractivity contribution < 1.29 is 9.26 Å². The van der Waals surface area contributed by atoms with Crippen molar-refractivity contribution in [2.75, 3.05) is 12.4 Å². The van der Waals surface area contributed by atoms with Crippen LogP contribution in [0, 0.1) is 0 Å². The lowest BCUT2D eigenvalue weighted by atomic mass is 10.0. The standard InChI is InChI=1S/C11H10N2O2/c1-14-9-4-2-3-8-10(9)11-7(5-12-8)6-13-15-11/h2-4,6,12H,5H2,1H3. The molecule has 1 aromatic carbocycles. The summed E-state index contributed by atoms with van der Waals surface area (Å²) in [7, 11) is 1.65. The van der Waals surface area contributed by atoms with Crippen LogP contribution in [0.25, 0.3) is 11.3 Å². The first-order valence-electron chi connectivity index (χ1n) is 4.75. The fourth-order valence-electron chi connectivity index (χ4n) is 1.87. The molecule has 1 aromatic heterocycles. The van der Waals surface area contributed by atoms with Crippen LogP contribution in [0.5, 0.6) is 5.75 Å². The smallest absolute Gasteiger partial charge is 0.177 e. The molecule has 0 radical (unpaired) electrons. The molecule has 3 rings (SSSR count). The third-order valence-electron chi connectivity index (χ3n) is 2.59. The van der Waals surface area contributed by atoms with E-state index in [4.69, 9.17) is 9.26 Å². The third-order valence-corrected chi connectivity index (χ3v) is 2.59. The Labute approximate surface area is 86.8 Å². The molecule has 0 bridgehead atoms. The minimum Gasteiger partial charge on any atom is -0.496 e. The van der Waals surface area contributed by atoms with E-state index in [2.05, 4.69) is 10.5 Å². The first-order chi connectivity index (χ1) is 7.40. The second-order valence-electron chi connectivity index (χ2n) is 3.42. The monoisotopic (exact) mass is 202 g/mol. The predicted molar refractivity (Wildman–Crippen MR) is 55.8 cm³/mol. The van der Waals surface area contributed by atoms with Crippen molar-refractivity contribution in [2.45, 2.75) is 6.54 Å². The van der Waals surface area contributed by atoms with Crippen LogP contribution in [0.4, 0.5) is 5.69 Å². The average molecular weight is 202 g/mol. The fourth-order valence-corrected chi connectivity index (χ4v) is 1.87. The molecule has 0 fully saturated rings. The van der Waals surface area contributed by atoms with Gasteiger partial charge in [0.05, 0.1) is 18.9 Å². The van der Waals surface area contributed by atoms with Crippen LogP contribution in [-0.4, -0.2) is 12.3 Å². The van der Waals surface area contributed by atoms with Gasteiger partial charge in [0.25, 0.3) is 0 Å². The molecule has 4 heteroatoms. The van der Waals surface area contributed by atoms with Crippen LogP contribution in [0.3, 0.4) is 0 Å². The number of hydrogen-bond donors (Lipinski definition) is 1. The lowest BCUT2D eigenvalue weighted by Gasteiger charge is -2.18. The average Bonchev–Trinajstić information content (AvgIpc) is 2.76. The Hall–Kier alpha value is -1.97. The van der Waals surface area contributed by atoms with E-state index in [1.165, 1.54) is 0 Å². The van der Waals surface area contributed by atoms with Gasteiger partial charge in [-0.15, -0.1) is 0 Å². The predicted octanol–water partition coefficient (Wildman–Crippen LogP) is 2.28. The summed E-state index contributed by atoms with van der Waals surface area (Å²) in [6.07, 6.45) is 1.73. The molecule has 15 heavy (non-hydrogen) atoms. The zero-order chi connectivity index (χ0) is 10.3. The van der Waals surface area contributed by atoms with Gasteiger partial charge < -0.3 is 14.6 Å². The zero-order valence-corrected chi connectivity index (χ0v) is 8.28. The third kappa shape index (κ3) is 1.11. The van der Waals surface area contributed by atoms with Crippen LogP contribution >= 0.6 is 0 Å². The van der Waals surface area contributed by atoms with Gasteiger partial charge in [-0.1, -0.05) is 11.2 Å². The Bertz CT molecular complexity index is 491. The topological polar surface area (TPSA) is 47.3 Å². The number of methoxy groups -OCH3 is 1. The van der Waals surface area contributed by atoms with E-state index >= 15 is 0 Å². The van der Waals surface area contributed by atoms with Crippen molar-refractivity contribution in [3.8, 4) is 17.1 Å². The van der Waals surface area contributed by atoms with Gasteiger partial charge in [-0.3, -0.25) is 0 Å². The second kappa shape index (κ2) is 3.02. The Balaban J connectivity index is 2.29. The Morgan fingerprint density at radius 3 is 3.27 bits per heavy atom. The summed E-state index contributed by atoms with van der Waals surface area (Å²) in [6, 6.07) is 5.87. The summed E-state index contributed by atoms with van der Waals surface area (Å²) < 4.78 is 10.6. The number of hydrogen-bond acceptors (Lipinski definition) is 4. The minimum atomic E-state index is 0.749. The number of anilines is 1. The van der Waals surface area contributed by atoms with E-state index in [1.807, 2.05) is 18.2 Å². The zero-order valence-electron chi connectivity index (χ0n) is 8.28. The highest BCUT2D eigenvalue weighted by Crippen LogP contribution is 2.41. The number of ether oxygens (including phenoxy) is 1. The van der Waals surface area contributed by atoms with Gasteiger partial charge in [0.1, 0.15) is 5.75 Å². The lowest BCUT2D eigenvalue weighted by molar-refractivity contribution is 0.405. The molecule has 2 heterocycles. The second-order valence-corrected chi connectivity index (χ2v) is 3.42. The van der Waals surface area contributed by atoms with Gasteiger partial charge in [-0.05, 0) is 12.1 Å². The maximum atomic E-state index is 5.31. The lowest BCUT2D eigenvalue weighted by Crippen LogP contribution is -2.07. The van der Waals surface area contributed by atoms with E-state index in [9.17, 15) is 0 Å². The maximum Gasteiger partial charge on any atom is 0.177 e. The Kier molecular flexibility index (Phi) is 1.68. The van der Waals surface area contributed by atoms with Crippen molar-refractivity contribution in [1.29, 1.82) is 0 Å². The summed E-state index contributed by atoms with van der Waals surface area (Å²) in [5.41, 5.74) is 3.05. The SMILES string of the molecule is COc1cccc2c1-c1oncc1CN2. The van der Waals surface area contributed by atoms with Crippen molar-refractivity contribution in [3.05, 3.63) is 30.0 Å². The summed E-state index contributed by atoms with van der Waals surface area (Å²) in [4.78, 5) is 0. The van der Waals surface area contributed by atoms with E-state index < -0.39 is 0 Å². The number of nitrogens with zero attached hydrogens (tertiary/aromatic N) is 1. The summed E-state index contributed by atoms with van der Waals surface area (Å²) in [6.45, 7) is 0.749. The van der Waals surface area contributed by atoms with Gasteiger partial charge >= 0.3 is 0 Å². The molecular formula is C11H10N2O2. The molecule has 0 unspecified atom stereocenters. The molecule has 2 aromatic rings. The van der Waals surface area contributed by atoms with Crippen LogP contribution in [0.15, 0.2) is 28.9 Å². The quantitative estimate of drug-likeness (QED) is 0.770. The van der Waals surface area contributed by atoms with Crippen LogP contribution in [0.2, 0.25) is 0 Å². The van der Waals surface area contributed by atoms with Crippen molar-refractivity contribution in [1.82, 2.24) is 5.16 Å². The molecule has 76 valence electrons. The number of nitrogens with one attached hydrogen (secondary N) is 1. The molecule has 0 saturated heterocycles. The molecule has 4 nitrogen and oxygen atoms in total. The molecule has 0 aliphatic carbocycles. The molecule has 1 aliphatic heterocycles. The molecule has 1 N–H and O–H groups in total. The highest BCUT2D eigenvalue weighted by Gasteiger charge is 2.23. The van der Waals surface area contributed by atoms with E-state index in [1.54, 1.807) is 13.3 Å². The first-order valence-corrected chi connectivity index (χ1v) is 4.75. The van der Waals surface area contributed by atoms with Gasteiger partial charge in [0.2, 0.25) is 0 Å². The minimum absolute atomic E-state index is 0.749. The van der Waals surface area contributed by atoms with Crippen LogP contribution < -0.4 is 10.1 Å². The first kappa shape index (κ1) is 8.35. The number of fused-ring (bicyclic) bond motifs is 3. The largest absolute Gasteiger partial charge is 0.496 e. The van der Waals surface area contributed by atoms with Gasteiger partial charge in [0.15, 0.2) is 5.76 Å². The molecule has 0 saturated carbocycles. The van der Waals surface area contributed by atoms with Gasteiger partial charge in [-0.2, -0.15) is 0 Å². The van der Waals surface area contributed by atoms with Gasteiger partial charge in [-0.25, -0.2) is 0 Å². The van der Waals surface area contributed by atoms with Gasteiger partial charge in [0, 0.05) is 17.8 Å². The summed E-state index contributed by atoms with van der Waals surface area (Å²) >= 11 is 0. The van der Waals surface area contributed by atoms with Crippen molar-refractivity contribution in [3.63, 3.8) is 0 Å². The van der Waals surface area contributed by atoms with Crippen LogP contribution in [-0.2, 0) is 6.54 Å². The normalized spacial score (nSPS) is 12.6. The molecular weight excluding hydrogens is 192 g/mol. The molecule has 0 amide bonds. The van der Waals surface area contributed by atoms with E-state index in [0.29, 0.717) is 0 Å². The summed E-state index contributed by atoms with van der Waals surface area (Å²) in [5.74, 6) is 1.61. The fraction of sp³-hybridized carbons (Fsp3) is 0.182. The summed E-state index contributed by atoms with van der Waals surface area (Å²) in [5, 5.41) is 7.11. The number of benzene rings is 1.